The lowest BCUT2D eigenvalue weighted by atomic mass is 10.1. The lowest BCUT2D eigenvalue weighted by Gasteiger charge is -2.09. The molecule has 2 aromatic carbocycles. The first kappa shape index (κ1) is 14.3. The van der Waals surface area contributed by atoms with E-state index in [0.717, 1.165) is 11.3 Å². The zero-order valence-corrected chi connectivity index (χ0v) is 13.0. The van der Waals surface area contributed by atoms with Gasteiger partial charge in [-0.2, -0.15) is 0 Å². The van der Waals surface area contributed by atoms with Crippen molar-refractivity contribution >= 4 is 11.0 Å². The molecule has 5 heteroatoms. The van der Waals surface area contributed by atoms with Gasteiger partial charge in [0.05, 0.1) is 18.8 Å². The summed E-state index contributed by atoms with van der Waals surface area (Å²) >= 11 is 0. The zero-order chi connectivity index (χ0) is 16.5. The van der Waals surface area contributed by atoms with Crippen LogP contribution in [0.4, 0.5) is 0 Å². The van der Waals surface area contributed by atoms with E-state index in [2.05, 4.69) is 4.98 Å². The summed E-state index contributed by atoms with van der Waals surface area (Å²) in [5, 5.41) is 0.508. The van der Waals surface area contributed by atoms with E-state index in [1.807, 2.05) is 41.1 Å². The molecular weight excluding hydrogens is 304 g/mol. The fraction of sp³-hybridized carbons (Fsp3) is 0.0526. The molecule has 5 nitrogen and oxygen atoms in total. The van der Waals surface area contributed by atoms with Crippen molar-refractivity contribution in [3.8, 4) is 22.8 Å². The molecule has 0 bridgehead atoms. The number of aromatic nitrogens is 2. The molecule has 0 aliphatic carbocycles. The van der Waals surface area contributed by atoms with Gasteiger partial charge in [0.15, 0.2) is 5.76 Å². The number of hydrogen-bond donors (Lipinski definition) is 0. The number of hydrogen-bond acceptors (Lipinski definition) is 4. The topological polar surface area (TPSA) is 57.3 Å². The quantitative estimate of drug-likeness (QED) is 0.578. The summed E-state index contributed by atoms with van der Waals surface area (Å²) in [5.41, 5.74) is 2.11. The van der Waals surface area contributed by atoms with Crippen LogP contribution >= 0.6 is 0 Å². The fourth-order valence-corrected chi connectivity index (χ4v) is 2.70. The van der Waals surface area contributed by atoms with E-state index in [1.54, 1.807) is 30.7 Å². The van der Waals surface area contributed by atoms with Crippen LogP contribution < -0.4 is 10.2 Å². The number of rotatable bonds is 3. The highest BCUT2D eigenvalue weighted by atomic mass is 16.5. The monoisotopic (exact) mass is 318 g/mol. The van der Waals surface area contributed by atoms with Crippen molar-refractivity contribution in [2.75, 3.05) is 7.11 Å². The molecule has 0 spiro atoms. The van der Waals surface area contributed by atoms with Crippen LogP contribution in [-0.2, 0) is 0 Å². The number of ether oxygens (including phenoxy) is 1. The molecule has 24 heavy (non-hydrogen) atoms. The van der Waals surface area contributed by atoms with Gasteiger partial charge in [-0.05, 0) is 36.4 Å². The molecule has 0 radical (unpaired) electrons. The normalized spacial score (nSPS) is 10.9. The van der Waals surface area contributed by atoms with Gasteiger partial charge in [-0.3, -0.25) is 4.79 Å². The summed E-state index contributed by atoms with van der Waals surface area (Å²) in [6, 6.07) is 14.8. The van der Waals surface area contributed by atoms with Crippen LogP contribution in [0.2, 0.25) is 0 Å². The standard InChI is InChI=1S/C19H14N2O3/c1-23-19-17(22)15-4-2-3-5-16(15)24-18(19)13-6-8-14(9-7-13)21-11-10-20-12-21/h2-12H,1H3. The highest BCUT2D eigenvalue weighted by Crippen LogP contribution is 2.31. The highest BCUT2D eigenvalue weighted by Gasteiger charge is 2.16. The first-order valence-corrected chi connectivity index (χ1v) is 7.46. The summed E-state index contributed by atoms with van der Waals surface area (Å²) in [5.74, 6) is 0.641. The Bertz CT molecular complexity index is 1050. The molecule has 2 aromatic heterocycles. The van der Waals surface area contributed by atoms with Gasteiger partial charge in [-0.1, -0.05) is 12.1 Å². The van der Waals surface area contributed by atoms with Crippen molar-refractivity contribution < 1.29 is 9.15 Å². The molecule has 2 heterocycles. The summed E-state index contributed by atoms with van der Waals surface area (Å²) in [6.07, 6.45) is 5.32. The maximum atomic E-state index is 12.6. The zero-order valence-electron chi connectivity index (χ0n) is 13.0. The lowest BCUT2D eigenvalue weighted by molar-refractivity contribution is 0.399. The van der Waals surface area contributed by atoms with E-state index in [4.69, 9.17) is 9.15 Å². The first-order valence-electron chi connectivity index (χ1n) is 7.46. The molecule has 4 aromatic rings. The van der Waals surface area contributed by atoms with Gasteiger partial charge in [-0.15, -0.1) is 0 Å². The SMILES string of the molecule is COc1c(-c2ccc(-n3ccnc3)cc2)oc2ccccc2c1=O. The van der Waals surface area contributed by atoms with E-state index < -0.39 is 0 Å². The minimum atomic E-state index is -0.173. The van der Waals surface area contributed by atoms with E-state index in [0.29, 0.717) is 16.7 Å². The van der Waals surface area contributed by atoms with Crippen molar-refractivity contribution in [2.45, 2.75) is 0 Å². The van der Waals surface area contributed by atoms with Crippen molar-refractivity contribution in [3.63, 3.8) is 0 Å². The van der Waals surface area contributed by atoms with Crippen molar-refractivity contribution in [3.05, 3.63) is 77.5 Å². The molecule has 0 aliphatic rings. The van der Waals surface area contributed by atoms with Crippen molar-refractivity contribution in [1.29, 1.82) is 0 Å². The van der Waals surface area contributed by atoms with Gasteiger partial charge in [0.2, 0.25) is 11.2 Å². The third-order valence-electron chi connectivity index (χ3n) is 3.89. The Kier molecular flexibility index (Phi) is 3.39. The Morgan fingerprint density at radius 2 is 1.88 bits per heavy atom. The molecule has 0 saturated heterocycles. The molecule has 0 atom stereocenters. The Hall–Kier alpha value is -3.34. The molecular formula is C19H14N2O3. The van der Waals surface area contributed by atoms with Crippen LogP contribution in [-0.4, -0.2) is 16.7 Å². The third-order valence-corrected chi connectivity index (χ3v) is 3.89. The third kappa shape index (κ3) is 2.27. The second-order valence-corrected chi connectivity index (χ2v) is 5.31. The number of methoxy groups -OCH3 is 1. The average molecular weight is 318 g/mol. The van der Waals surface area contributed by atoms with E-state index in [-0.39, 0.29) is 11.2 Å². The predicted octanol–water partition coefficient (Wildman–Crippen LogP) is 3.65. The van der Waals surface area contributed by atoms with Crippen LogP contribution in [0.5, 0.6) is 5.75 Å². The number of fused-ring (bicyclic) bond motifs is 1. The van der Waals surface area contributed by atoms with Crippen molar-refractivity contribution in [1.82, 2.24) is 9.55 Å². The smallest absolute Gasteiger partial charge is 0.235 e. The van der Waals surface area contributed by atoms with E-state index in [9.17, 15) is 4.79 Å². The second-order valence-electron chi connectivity index (χ2n) is 5.31. The molecule has 0 amide bonds. The summed E-state index contributed by atoms with van der Waals surface area (Å²) < 4.78 is 13.2. The molecule has 0 fully saturated rings. The molecule has 0 N–H and O–H groups in total. The maximum absolute atomic E-state index is 12.6. The fourth-order valence-electron chi connectivity index (χ4n) is 2.70. The number of para-hydroxylation sites is 1. The summed E-state index contributed by atoms with van der Waals surface area (Å²) in [7, 11) is 1.48. The minimum absolute atomic E-state index is 0.173. The Balaban J connectivity index is 1.88. The van der Waals surface area contributed by atoms with Crippen LogP contribution in [0, 0.1) is 0 Å². The molecule has 0 saturated carbocycles. The van der Waals surface area contributed by atoms with Gasteiger partial charge in [-0.25, -0.2) is 4.98 Å². The van der Waals surface area contributed by atoms with Gasteiger partial charge < -0.3 is 13.7 Å². The van der Waals surface area contributed by atoms with Crippen molar-refractivity contribution in [2.24, 2.45) is 0 Å². The van der Waals surface area contributed by atoms with Gasteiger partial charge >= 0.3 is 0 Å². The summed E-state index contributed by atoms with van der Waals surface area (Å²) in [6.45, 7) is 0. The minimum Gasteiger partial charge on any atom is -0.490 e. The summed E-state index contributed by atoms with van der Waals surface area (Å²) in [4.78, 5) is 16.6. The van der Waals surface area contributed by atoms with E-state index >= 15 is 0 Å². The predicted molar refractivity (Wildman–Crippen MR) is 91.6 cm³/mol. The molecule has 0 unspecified atom stereocenters. The van der Waals surface area contributed by atoms with Crippen LogP contribution in [0.1, 0.15) is 0 Å². The van der Waals surface area contributed by atoms with Crippen LogP contribution in [0.3, 0.4) is 0 Å². The van der Waals surface area contributed by atoms with Crippen LogP contribution in [0.25, 0.3) is 28.0 Å². The second kappa shape index (κ2) is 5.70. The average Bonchev–Trinajstić information content (AvgIpc) is 3.16. The molecule has 0 aliphatic heterocycles. The largest absolute Gasteiger partial charge is 0.490 e. The molecule has 4 rings (SSSR count). The van der Waals surface area contributed by atoms with Crippen LogP contribution in [0.15, 0.2) is 76.5 Å². The van der Waals surface area contributed by atoms with E-state index in [1.165, 1.54) is 7.11 Å². The lowest BCUT2D eigenvalue weighted by Crippen LogP contribution is -2.07. The van der Waals surface area contributed by atoms with Gasteiger partial charge in [0, 0.05) is 23.6 Å². The first-order chi connectivity index (χ1) is 11.8. The highest BCUT2D eigenvalue weighted by molar-refractivity contribution is 5.82. The number of benzene rings is 2. The Labute approximate surface area is 137 Å². The number of imidazole rings is 1. The Morgan fingerprint density at radius 1 is 1.08 bits per heavy atom. The number of nitrogens with zero attached hydrogens (tertiary/aromatic N) is 2. The molecule has 118 valence electrons. The maximum Gasteiger partial charge on any atom is 0.235 e. The Morgan fingerprint density at radius 3 is 2.58 bits per heavy atom. The van der Waals surface area contributed by atoms with Gasteiger partial charge in [0.25, 0.3) is 0 Å². The van der Waals surface area contributed by atoms with Gasteiger partial charge in [0.1, 0.15) is 5.58 Å².